The van der Waals surface area contributed by atoms with E-state index in [1.54, 1.807) is 12.5 Å². The summed E-state index contributed by atoms with van der Waals surface area (Å²) in [6, 6.07) is 0. The predicted octanol–water partition coefficient (Wildman–Crippen LogP) is 1.42. The SMILES string of the molecule is CS(=O)CCCCCCOC#N. The summed E-state index contributed by atoms with van der Waals surface area (Å²) in [5, 5.41) is 8.03. The topological polar surface area (TPSA) is 50.1 Å². The summed E-state index contributed by atoms with van der Waals surface area (Å²) >= 11 is 0. The molecule has 0 aliphatic rings. The molecule has 0 fully saturated rings. The summed E-state index contributed by atoms with van der Waals surface area (Å²) < 4.78 is 15.1. The highest BCUT2D eigenvalue weighted by atomic mass is 32.2. The fraction of sp³-hybridized carbons (Fsp3) is 0.875. The van der Waals surface area contributed by atoms with Crippen LogP contribution in [0.5, 0.6) is 0 Å². The van der Waals surface area contributed by atoms with Crippen molar-refractivity contribution in [3.05, 3.63) is 0 Å². The molecule has 0 aliphatic heterocycles. The van der Waals surface area contributed by atoms with E-state index in [4.69, 9.17) is 5.26 Å². The summed E-state index contributed by atoms with van der Waals surface area (Å²) in [6.07, 6.45) is 7.41. The van der Waals surface area contributed by atoms with Crippen LogP contribution in [0.1, 0.15) is 25.7 Å². The minimum atomic E-state index is -0.658. The number of nitriles is 1. The van der Waals surface area contributed by atoms with Gasteiger partial charge in [-0.25, -0.2) is 0 Å². The summed E-state index contributed by atoms with van der Waals surface area (Å²) in [7, 11) is -0.658. The summed E-state index contributed by atoms with van der Waals surface area (Å²) in [6.45, 7) is 0.520. The number of unbranched alkanes of at least 4 members (excludes halogenated alkanes) is 3. The van der Waals surface area contributed by atoms with Gasteiger partial charge in [0.05, 0.1) is 0 Å². The highest BCUT2D eigenvalue weighted by molar-refractivity contribution is 7.84. The Bertz CT molecular complexity index is 165. The lowest BCUT2D eigenvalue weighted by molar-refractivity contribution is 0.260. The Morgan fingerprint density at radius 3 is 2.58 bits per heavy atom. The van der Waals surface area contributed by atoms with Crippen LogP contribution < -0.4 is 0 Å². The monoisotopic (exact) mass is 189 g/mol. The maximum absolute atomic E-state index is 10.6. The van der Waals surface area contributed by atoms with Crippen LogP contribution in [0.4, 0.5) is 0 Å². The molecule has 1 atom stereocenters. The van der Waals surface area contributed by atoms with Crippen molar-refractivity contribution in [3.63, 3.8) is 0 Å². The molecule has 0 bridgehead atoms. The van der Waals surface area contributed by atoms with Crippen molar-refractivity contribution in [3.8, 4) is 6.26 Å². The van der Waals surface area contributed by atoms with E-state index in [0.29, 0.717) is 6.61 Å². The first-order valence-electron chi connectivity index (χ1n) is 4.08. The van der Waals surface area contributed by atoms with E-state index < -0.39 is 10.8 Å². The first kappa shape index (κ1) is 11.4. The minimum absolute atomic E-state index is 0.520. The molecule has 0 spiro atoms. The van der Waals surface area contributed by atoms with Gasteiger partial charge in [-0.2, -0.15) is 5.26 Å². The van der Waals surface area contributed by atoms with Gasteiger partial charge in [0.1, 0.15) is 6.61 Å². The first-order valence-corrected chi connectivity index (χ1v) is 5.81. The molecule has 0 N–H and O–H groups in total. The van der Waals surface area contributed by atoms with E-state index in [-0.39, 0.29) is 0 Å². The van der Waals surface area contributed by atoms with Gasteiger partial charge in [-0.05, 0) is 19.3 Å². The normalized spacial score (nSPS) is 12.0. The Kier molecular flexibility index (Phi) is 8.14. The third kappa shape index (κ3) is 9.44. The molecular formula is C8H15NO2S. The van der Waals surface area contributed by atoms with Gasteiger partial charge in [0.25, 0.3) is 6.26 Å². The molecule has 0 aromatic rings. The molecule has 0 heterocycles. The van der Waals surface area contributed by atoms with Gasteiger partial charge in [0.15, 0.2) is 0 Å². The zero-order valence-electron chi connectivity index (χ0n) is 7.41. The maximum Gasteiger partial charge on any atom is 0.286 e. The Hall–Kier alpha value is -0.560. The van der Waals surface area contributed by atoms with Crippen LogP contribution in [0, 0.1) is 11.5 Å². The predicted molar refractivity (Wildman–Crippen MR) is 49.0 cm³/mol. The molecule has 0 saturated carbocycles. The van der Waals surface area contributed by atoms with Crippen LogP contribution in [0.2, 0.25) is 0 Å². The fourth-order valence-electron chi connectivity index (χ4n) is 0.879. The van der Waals surface area contributed by atoms with E-state index in [1.165, 1.54) is 0 Å². The van der Waals surface area contributed by atoms with Gasteiger partial charge in [-0.15, -0.1) is 0 Å². The van der Waals surface area contributed by atoms with Crippen LogP contribution in [0.15, 0.2) is 0 Å². The Balaban J connectivity index is 2.92. The second-order valence-electron chi connectivity index (χ2n) is 2.63. The molecule has 0 aliphatic carbocycles. The molecule has 0 radical (unpaired) electrons. The van der Waals surface area contributed by atoms with Gasteiger partial charge < -0.3 is 4.74 Å². The number of ether oxygens (including phenoxy) is 1. The van der Waals surface area contributed by atoms with Crippen LogP contribution in [0.25, 0.3) is 0 Å². The second kappa shape index (κ2) is 8.54. The summed E-state index contributed by atoms with van der Waals surface area (Å²) in [5.74, 6) is 0.791. The van der Waals surface area contributed by atoms with Gasteiger partial charge in [-0.3, -0.25) is 4.21 Å². The van der Waals surface area contributed by atoms with Gasteiger partial charge in [0, 0.05) is 22.8 Å². The van der Waals surface area contributed by atoms with Crippen molar-refractivity contribution in [1.82, 2.24) is 0 Å². The average Bonchev–Trinajstić information content (AvgIpc) is 2.02. The lowest BCUT2D eigenvalue weighted by Gasteiger charge is -1.98. The number of hydrogen-bond donors (Lipinski definition) is 0. The zero-order valence-corrected chi connectivity index (χ0v) is 8.23. The Labute approximate surface area is 76.2 Å². The highest BCUT2D eigenvalue weighted by Gasteiger charge is 1.92. The number of hydrogen-bond acceptors (Lipinski definition) is 3. The van der Waals surface area contributed by atoms with E-state index in [9.17, 15) is 4.21 Å². The van der Waals surface area contributed by atoms with Crippen molar-refractivity contribution in [1.29, 1.82) is 5.26 Å². The standard InChI is InChI=1S/C8H15NO2S/c1-12(10)7-5-3-2-4-6-11-8-9/h2-7H2,1H3. The lowest BCUT2D eigenvalue weighted by Crippen LogP contribution is -1.94. The van der Waals surface area contributed by atoms with Crippen LogP contribution in [-0.4, -0.2) is 22.8 Å². The molecule has 12 heavy (non-hydrogen) atoms. The molecule has 70 valence electrons. The third-order valence-corrected chi connectivity index (χ3v) is 2.36. The molecule has 0 aromatic heterocycles. The van der Waals surface area contributed by atoms with Crippen LogP contribution >= 0.6 is 0 Å². The van der Waals surface area contributed by atoms with Crippen molar-refractivity contribution >= 4 is 10.8 Å². The largest absolute Gasteiger partial charge is 0.428 e. The highest BCUT2D eigenvalue weighted by Crippen LogP contribution is 2.00. The van der Waals surface area contributed by atoms with Gasteiger partial charge in [0.2, 0.25) is 0 Å². The van der Waals surface area contributed by atoms with Crippen molar-refractivity contribution in [2.75, 3.05) is 18.6 Å². The maximum atomic E-state index is 10.6. The first-order chi connectivity index (χ1) is 5.77. The molecule has 0 rings (SSSR count). The molecule has 0 amide bonds. The third-order valence-electron chi connectivity index (χ3n) is 1.49. The molecule has 0 saturated heterocycles. The minimum Gasteiger partial charge on any atom is -0.428 e. The Morgan fingerprint density at radius 1 is 1.33 bits per heavy atom. The van der Waals surface area contributed by atoms with E-state index in [2.05, 4.69) is 4.74 Å². The average molecular weight is 189 g/mol. The van der Waals surface area contributed by atoms with Crippen LogP contribution in [0.3, 0.4) is 0 Å². The zero-order chi connectivity index (χ0) is 9.23. The summed E-state index contributed by atoms with van der Waals surface area (Å²) in [4.78, 5) is 0. The number of rotatable bonds is 7. The number of nitrogens with zero attached hydrogens (tertiary/aromatic N) is 1. The van der Waals surface area contributed by atoms with E-state index >= 15 is 0 Å². The van der Waals surface area contributed by atoms with Crippen molar-refractivity contribution in [2.24, 2.45) is 0 Å². The quantitative estimate of drug-likeness (QED) is 0.449. The summed E-state index contributed by atoms with van der Waals surface area (Å²) in [5.41, 5.74) is 0. The lowest BCUT2D eigenvalue weighted by atomic mass is 10.2. The smallest absolute Gasteiger partial charge is 0.286 e. The molecule has 3 nitrogen and oxygen atoms in total. The molecule has 1 unspecified atom stereocenters. The van der Waals surface area contributed by atoms with E-state index in [0.717, 1.165) is 31.4 Å². The van der Waals surface area contributed by atoms with Gasteiger partial charge in [-0.1, -0.05) is 6.42 Å². The molecule has 4 heteroatoms. The van der Waals surface area contributed by atoms with Crippen molar-refractivity contribution in [2.45, 2.75) is 25.7 Å². The molecular weight excluding hydrogens is 174 g/mol. The fourth-order valence-corrected chi connectivity index (χ4v) is 1.49. The van der Waals surface area contributed by atoms with E-state index in [1.807, 2.05) is 0 Å². The van der Waals surface area contributed by atoms with Crippen LogP contribution in [-0.2, 0) is 15.5 Å². The second-order valence-corrected chi connectivity index (χ2v) is 4.19. The Morgan fingerprint density at radius 2 is 2.00 bits per heavy atom. The molecule has 0 aromatic carbocycles. The van der Waals surface area contributed by atoms with Crippen molar-refractivity contribution < 1.29 is 8.95 Å². The van der Waals surface area contributed by atoms with Gasteiger partial charge >= 0.3 is 0 Å².